The lowest BCUT2D eigenvalue weighted by Crippen LogP contribution is -2.33. The molecule has 0 spiro atoms. The van der Waals surface area contributed by atoms with Crippen LogP contribution in [-0.4, -0.2) is 53.8 Å². The molecule has 8 heteroatoms. The molecular formula is C14H17N3O5. The average molecular weight is 307 g/mol. The Bertz CT molecular complexity index is 513. The Morgan fingerprint density at radius 3 is 2.27 bits per heavy atom. The van der Waals surface area contributed by atoms with Crippen molar-refractivity contribution < 1.29 is 24.1 Å². The number of nitriles is 1. The van der Waals surface area contributed by atoms with E-state index < -0.39 is 12.0 Å². The zero-order valence-electron chi connectivity index (χ0n) is 12.0. The minimum absolute atomic E-state index is 0.326. The summed E-state index contributed by atoms with van der Waals surface area (Å²) in [6.45, 7) is 1.00. The molecule has 118 valence electrons. The summed E-state index contributed by atoms with van der Waals surface area (Å²) in [6.07, 6.45) is 5.31. The zero-order valence-corrected chi connectivity index (χ0v) is 12.0. The van der Waals surface area contributed by atoms with Gasteiger partial charge in [-0.15, -0.1) is 10.1 Å². The fourth-order valence-corrected chi connectivity index (χ4v) is 2.44. The summed E-state index contributed by atoms with van der Waals surface area (Å²) in [6, 6.07) is 0.857. The van der Waals surface area contributed by atoms with Crippen molar-refractivity contribution in [3.05, 3.63) is 11.8 Å². The predicted molar refractivity (Wildman–Crippen MR) is 72.5 cm³/mol. The Hall–Kier alpha value is -2.24. The van der Waals surface area contributed by atoms with E-state index in [1.54, 1.807) is 6.07 Å². The largest absolute Gasteiger partial charge is 0.411 e. The van der Waals surface area contributed by atoms with Crippen LogP contribution >= 0.6 is 0 Å². The number of hydroxylamine groups is 4. The van der Waals surface area contributed by atoms with Gasteiger partial charge in [0.25, 0.3) is 0 Å². The maximum absolute atomic E-state index is 11.9. The van der Waals surface area contributed by atoms with Gasteiger partial charge < -0.3 is 19.3 Å². The predicted octanol–water partition coefficient (Wildman–Crippen LogP) is 0.110. The SMILES string of the molecule is N#C/C(=C/ON1CCC[C@H]1C=O)C(=O)ON1CCC[C@H]1C=O. The van der Waals surface area contributed by atoms with Crippen molar-refractivity contribution in [2.45, 2.75) is 37.8 Å². The Labute approximate surface area is 127 Å². The molecule has 2 aliphatic rings. The monoisotopic (exact) mass is 307 g/mol. The minimum Gasteiger partial charge on any atom is -0.411 e. The van der Waals surface area contributed by atoms with Crippen LogP contribution in [0.4, 0.5) is 0 Å². The number of hydrogen-bond acceptors (Lipinski definition) is 8. The fraction of sp³-hybridized carbons (Fsp3) is 0.571. The molecule has 0 radical (unpaired) electrons. The van der Waals surface area contributed by atoms with Crippen molar-refractivity contribution in [3.63, 3.8) is 0 Å². The van der Waals surface area contributed by atoms with Gasteiger partial charge >= 0.3 is 5.97 Å². The number of aldehydes is 2. The van der Waals surface area contributed by atoms with E-state index in [0.717, 1.165) is 25.4 Å². The highest BCUT2D eigenvalue weighted by Gasteiger charge is 2.29. The second-order valence-electron chi connectivity index (χ2n) is 5.10. The summed E-state index contributed by atoms with van der Waals surface area (Å²) in [7, 11) is 0. The molecule has 0 amide bonds. The molecule has 0 unspecified atom stereocenters. The summed E-state index contributed by atoms with van der Waals surface area (Å²) in [5, 5.41) is 11.7. The molecule has 2 atom stereocenters. The van der Waals surface area contributed by atoms with Crippen molar-refractivity contribution in [1.82, 2.24) is 10.1 Å². The summed E-state index contributed by atoms with van der Waals surface area (Å²) >= 11 is 0. The van der Waals surface area contributed by atoms with E-state index in [0.29, 0.717) is 32.2 Å². The zero-order chi connectivity index (χ0) is 15.9. The van der Waals surface area contributed by atoms with E-state index in [4.69, 9.17) is 14.9 Å². The summed E-state index contributed by atoms with van der Waals surface area (Å²) in [4.78, 5) is 43.8. The Morgan fingerprint density at radius 1 is 1.09 bits per heavy atom. The molecule has 2 fully saturated rings. The van der Waals surface area contributed by atoms with Crippen LogP contribution in [0.15, 0.2) is 11.8 Å². The highest BCUT2D eigenvalue weighted by molar-refractivity contribution is 5.92. The van der Waals surface area contributed by atoms with Gasteiger partial charge in [-0.05, 0) is 25.7 Å². The lowest BCUT2D eigenvalue weighted by atomic mass is 10.2. The van der Waals surface area contributed by atoms with Crippen LogP contribution in [0.3, 0.4) is 0 Å². The lowest BCUT2D eigenvalue weighted by molar-refractivity contribution is -0.188. The van der Waals surface area contributed by atoms with Crippen LogP contribution < -0.4 is 0 Å². The van der Waals surface area contributed by atoms with Crippen molar-refractivity contribution >= 4 is 18.5 Å². The number of carbonyl (C=O) groups is 3. The van der Waals surface area contributed by atoms with E-state index in [-0.39, 0.29) is 11.6 Å². The van der Waals surface area contributed by atoms with Crippen LogP contribution in [0.25, 0.3) is 0 Å². The Morgan fingerprint density at radius 2 is 1.68 bits per heavy atom. The molecular weight excluding hydrogens is 290 g/mol. The van der Waals surface area contributed by atoms with Gasteiger partial charge in [-0.2, -0.15) is 5.26 Å². The molecule has 2 rings (SSSR count). The fourth-order valence-electron chi connectivity index (χ4n) is 2.44. The molecule has 0 N–H and O–H groups in total. The molecule has 2 aliphatic heterocycles. The molecule has 0 saturated carbocycles. The topological polar surface area (TPSA) is 99.9 Å². The number of nitrogens with zero attached hydrogens (tertiary/aromatic N) is 3. The van der Waals surface area contributed by atoms with Crippen LogP contribution in [0.2, 0.25) is 0 Å². The number of carbonyl (C=O) groups excluding carboxylic acids is 3. The molecule has 22 heavy (non-hydrogen) atoms. The first-order valence-electron chi connectivity index (χ1n) is 7.12. The molecule has 8 nitrogen and oxygen atoms in total. The normalized spacial score (nSPS) is 26.4. The first-order chi connectivity index (χ1) is 10.7. The maximum atomic E-state index is 11.9. The van der Waals surface area contributed by atoms with Gasteiger partial charge in [-0.1, -0.05) is 0 Å². The average Bonchev–Trinajstić information content (AvgIpc) is 3.16. The van der Waals surface area contributed by atoms with E-state index in [9.17, 15) is 14.4 Å². The van der Waals surface area contributed by atoms with E-state index >= 15 is 0 Å². The van der Waals surface area contributed by atoms with Crippen molar-refractivity contribution in [2.75, 3.05) is 13.1 Å². The van der Waals surface area contributed by atoms with Crippen molar-refractivity contribution in [2.24, 2.45) is 0 Å². The quantitative estimate of drug-likeness (QED) is 0.295. The van der Waals surface area contributed by atoms with E-state index in [1.165, 1.54) is 10.1 Å². The van der Waals surface area contributed by atoms with Crippen LogP contribution in [0.5, 0.6) is 0 Å². The number of rotatable bonds is 6. The van der Waals surface area contributed by atoms with Crippen molar-refractivity contribution in [1.29, 1.82) is 5.26 Å². The van der Waals surface area contributed by atoms with Crippen LogP contribution in [-0.2, 0) is 24.1 Å². The van der Waals surface area contributed by atoms with Crippen LogP contribution in [0.1, 0.15) is 25.7 Å². The molecule has 0 bridgehead atoms. The van der Waals surface area contributed by atoms with Gasteiger partial charge in [0.05, 0.1) is 0 Å². The second-order valence-corrected chi connectivity index (χ2v) is 5.10. The molecule has 2 heterocycles. The lowest BCUT2D eigenvalue weighted by Gasteiger charge is -2.19. The molecule has 0 aromatic carbocycles. The van der Waals surface area contributed by atoms with Crippen molar-refractivity contribution in [3.8, 4) is 6.07 Å². The van der Waals surface area contributed by atoms with Gasteiger partial charge in [0.2, 0.25) is 0 Å². The Kier molecular flexibility index (Phi) is 5.63. The molecule has 0 aromatic rings. The Balaban J connectivity index is 1.94. The third kappa shape index (κ3) is 3.69. The summed E-state index contributed by atoms with van der Waals surface area (Å²) in [5.41, 5.74) is -0.326. The van der Waals surface area contributed by atoms with Gasteiger partial charge in [0, 0.05) is 13.1 Å². The van der Waals surface area contributed by atoms with Gasteiger partial charge in [0.1, 0.15) is 37.0 Å². The van der Waals surface area contributed by atoms with E-state index in [2.05, 4.69) is 0 Å². The second kappa shape index (κ2) is 7.68. The third-order valence-electron chi connectivity index (χ3n) is 3.66. The maximum Gasteiger partial charge on any atom is 0.371 e. The number of hydrogen-bond donors (Lipinski definition) is 0. The first kappa shape index (κ1) is 16.1. The first-order valence-corrected chi connectivity index (χ1v) is 7.12. The molecule has 0 aromatic heterocycles. The highest BCUT2D eigenvalue weighted by atomic mass is 16.7. The molecule has 0 aliphatic carbocycles. The standard InChI is InChI=1S/C14H17N3O5/c15-7-11(10-21-16-5-1-3-12(16)8-18)14(20)22-17-6-2-4-13(17)9-19/h8-10,12-13H,1-6H2/b11-10-/t12-,13-/m0/s1. The summed E-state index contributed by atoms with van der Waals surface area (Å²) in [5.74, 6) is -0.877. The smallest absolute Gasteiger partial charge is 0.371 e. The van der Waals surface area contributed by atoms with Gasteiger partial charge in [-0.3, -0.25) is 0 Å². The van der Waals surface area contributed by atoms with Gasteiger partial charge in [0.15, 0.2) is 5.57 Å². The minimum atomic E-state index is -0.877. The summed E-state index contributed by atoms with van der Waals surface area (Å²) < 4.78 is 0. The molecule has 2 saturated heterocycles. The van der Waals surface area contributed by atoms with Gasteiger partial charge in [-0.25, -0.2) is 4.79 Å². The van der Waals surface area contributed by atoms with E-state index in [1.807, 2.05) is 0 Å². The van der Waals surface area contributed by atoms with Crippen LogP contribution in [0, 0.1) is 11.3 Å². The highest BCUT2D eigenvalue weighted by Crippen LogP contribution is 2.18. The third-order valence-corrected chi connectivity index (χ3v) is 3.66.